The number of hydrogen-bond donors (Lipinski definition) is 1. The highest BCUT2D eigenvalue weighted by molar-refractivity contribution is 6.02. The van der Waals surface area contributed by atoms with Crippen molar-refractivity contribution in [3.05, 3.63) is 41.5 Å². The summed E-state index contributed by atoms with van der Waals surface area (Å²) in [4.78, 5) is 14.9. The van der Waals surface area contributed by atoms with Gasteiger partial charge in [-0.2, -0.15) is 0 Å². The molecule has 3 nitrogen and oxygen atoms in total. The van der Waals surface area contributed by atoms with Crippen LogP contribution in [0.5, 0.6) is 0 Å². The van der Waals surface area contributed by atoms with Crippen LogP contribution in [0.15, 0.2) is 35.9 Å². The normalized spacial score (nSPS) is 16.4. The van der Waals surface area contributed by atoms with E-state index in [9.17, 15) is 4.79 Å². The van der Waals surface area contributed by atoms with Gasteiger partial charge in [0.2, 0.25) is 5.91 Å². The Balaban J connectivity index is 2.31. The number of nitrogens with one attached hydrogen (secondary N) is 1. The average Bonchev–Trinajstić information content (AvgIpc) is 2.48. The molecule has 0 atom stereocenters. The number of rotatable bonds is 5. The summed E-state index contributed by atoms with van der Waals surface area (Å²) < 4.78 is 0. The van der Waals surface area contributed by atoms with Crippen LogP contribution in [0, 0.1) is 0 Å². The van der Waals surface area contributed by atoms with Gasteiger partial charge < -0.3 is 5.32 Å². The predicted octanol–water partition coefficient (Wildman–Crippen LogP) is 3.08. The second-order valence-electron chi connectivity index (χ2n) is 5.98. The van der Waals surface area contributed by atoms with E-state index in [-0.39, 0.29) is 11.9 Å². The fourth-order valence-corrected chi connectivity index (χ4v) is 2.84. The summed E-state index contributed by atoms with van der Waals surface area (Å²) in [6.45, 7) is 9.05. The average molecular weight is 286 g/mol. The maximum Gasteiger partial charge on any atom is 0.249 e. The van der Waals surface area contributed by atoms with Crippen LogP contribution >= 0.6 is 0 Å². The van der Waals surface area contributed by atoms with E-state index in [1.165, 1.54) is 11.1 Å². The zero-order chi connectivity index (χ0) is 15.2. The lowest BCUT2D eigenvalue weighted by Crippen LogP contribution is -2.40. The summed E-state index contributed by atoms with van der Waals surface area (Å²) in [6.07, 6.45) is 2.07. The van der Waals surface area contributed by atoms with E-state index in [1.54, 1.807) is 0 Å². The van der Waals surface area contributed by atoms with Crippen molar-refractivity contribution in [1.29, 1.82) is 0 Å². The van der Waals surface area contributed by atoms with Crippen LogP contribution in [0.2, 0.25) is 0 Å². The quantitative estimate of drug-likeness (QED) is 0.902. The van der Waals surface area contributed by atoms with Gasteiger partial charge in [0, 0.05) is 24.7 Å². The third-order valence-electron chi connectivity index (χ3n) is 3.78. The first-order chi connectivity index (χ1) is 10.1. The number of amides is 1. The standard InChI is InChI=1S/C18H26N2O/c1-4-11-20-12-10-16(15-8-6-5-7-9-15)17(13-20)18(21)19-14(2)3/h5-9,14H,4,10-13H2,1-3H3,(H,19,21). The molecule has 1 aromatic rings. The Bertz CT molecular complexity index is 505. The van der Waals surface area contributed by atoms with Crippen LogP contribution in [-0.2, 0) is 4.79 Å². The first-order valence-electron chi connectivity index (χ1n) is 7.92. The first kappa shape index (κ1) is 15.8. The van der Waals surface area contributed by atoms with E-state index in [1.807, 2.05) is 32.0 Å². The zero-order valence-electron chi connectivity index (χ0n) is 13.4. The molecule has 0 saturated carbocycles. The van der Waals surface area contributed by atoms with Gasteiger partial charge in [-0.05, 0) is 44.4 Å². The highest BCUT2D eigenvalue weighted by Crippen LogP contribution is 2.27. The summed E-state index contributed by atoms with van der Waals surface area (Å²) in [6, 6.07) is 10.5. The molecule has 114 valence electrons. The van der Waals surface area contributed by atoms with Crippen molar-refractivity contribution in [3.63, 3.8) is 0 Å². The van der Waals surface area contributed by atoms with Crippen LogP contribution in [0.1, 0.15) is 39.2 Å². The molecule has 1 aliphatic rings. The summed E-state index contributed by atoms with van der Waals surface area (Å²) >= 11 is 0. The van der Waals surface area contributed by atoms with E-state index in [4.69, 9.17) is 0 Å². The van der Waals surface area contributed by atoms with Crippen molar-refractivity contribution in [2.45, 2.75) is 39.7 Å². The fraction of sp³-hybridized carbons (Fsp3) is 0.500. The van der Waals surface area contributed by atoms with Crippen molar-refractivity contribution >= 4 is 11.5 Å². The van der Waals surface area contributed by atoms with Gasteiger partial charge in [-0.1, -0.05) is 37.3 Å². The second kappa shape index (κ2) is 7.41. The van der Waals surface area contributed by atoms with Crippen molar-refractivity contribution in [2.75, 3.05) is 19.6 Å². The molecular formula is C18H26N2O. The van der Waals surface area contributed by atoms with E-state index < -0.39 is 0 Å². The minimum Gasteiger partial charge on any atom is -0.350 e. The maximum absolute atomic E-state index is 12.5. The minimum absolute atomic E-state index is 0.0876. The van der Waals surface area contributed by atoms with E-state index >= 15 is 0 Å². The molecule has 3 heteroatoms. The lowest BCUT2D eigenvalue weighted by Gasteiger charge is -2.30. The molecule has 0 unspecified atom stereocenters. The number of carbonyl (C=O) groups is 1. The summed E-state index contributed by atoms with van der Waals surface area (Å²) in [5.41, 5.74) is 3.33. The van der Waals surface area contributed by atoms with Gasteiger partial charge in [-0.15, -0.1) is 0 Å². The molecule has 1 amide bonds. The second-order valence-corrected chi connectivity index (χ2v) is 5.98. The lowest BCUT2D eigenvalue weighted by molar-refractivity contribution is -0.118. The topological polar surface area (TPSA) is 32.3 Å². The highest BCUT2D eigenvalue weighted by Gasteiger charge is 2.24. The third kappa shape index (κ3) is 4.18. The Kier molecular flexibility index (Phi) is 5.57. The van der Waals surface area contributed by atoms with Gasteiger partial charge in [-0.3, -0.25) is 9.69 Å². The Labute approximate surface area is 128 Å². The molecule has 0 radical (unpaired) electrons. The summed E-state index contributed by atoms with van der Waals surface area (Å²) in [5.74, 6) is 0.0876. The molecule has 0 aromatic heterocycles. The maximum atomic E-state index is 12.5. The van der Waals surface area contributed by atoms with E-state index in [0.29, 0.717) is 0 Å². The molecule has 0 bridgehead atoms. The van der Waals surface area contributed by atoms with Gasteiger partial charge in [0.25, 0.3) is 0 Å². The van der Waals surface area contributed by atoms with Crippen molar-refractivity contribution in [1.82, 2.24) is 10.2 Å². The Morgan fingerprint density at radius 2 is 2.00 bits per heavy atom. The third-order valence-corrected chi connectivity index (χ3v) is 3.78. The van der Waals surface area contributed by atoms with Gasteiger partial charge in [-0.25, -0.2) is 0 Å². The smallest absolute Gasteiger partial charge is 0.249 e. The van der Waals surface area contributed by atoms with E-state index in [0.717, 1.165) is 38.0 Å². The fourth-order valence-electron chi connectivity index (χ4n) is 2.84. The molecule has 1 N–H and O–H groups in total. The minimum atomic E-state index is 0.0876. The Morgan fingerprint density at radius 1 is 1.29 bits per heavy atom. The number of carbonyl (C=O) groups excluding carboxylic acids is 1. The summed E-state index contributed by atoms with van der Waals surface area (Å²) in [7, 11) is 0. The van der Waals surface area contributed by atoms with Crippen LogP contribution < -0.4 is 5.32 Å². The number of hydrogen-bond acceptors (Lipinski definition) is 2. The molecule has 1 aliphatic heterocycles. The molecule has 1 heterocycles. The molecule has 0 fully saturated rings. The van der Waals surface area contributed by atoms with Crippen LogP contribution in [0.3, 0.4) is 0 Å². The van der Waals surface area contributed by atoms with Gasteiger partial charge >= 0.3 is 0 Å². The lowest BCUT2D eigenvalue weighted by atomic mass is 9.92. The molecule has 1 aromatic carbocycles. The van der Waals surface area contributed by atoms with Crippen molar-refractivity contribution in [3.8, 4) is 0 Å². The van der Waals surface area contributed by atoms with Crippen LogP contribution in [0.4, 0.5) is 0 Å². The molecule has 0 spiro atoms. The Hall–Kier alpha value is -1.61. The summed E-state index contributed by atoms with van der Waals surface area (Å²) in [5, 5.41) is 3.05. The van der Waals surface area contributed by atoms with E-state index in [2.05, 4.69) is 29.3 Å². The molecule has 0 aliphatic carbocycles. The van der Waals surface area contributed by atoms with Gasteiger partial charge in [0.1, 0.15) is 0 Å². The Morgan fingerprint density at radius 3 is 2.62 bits per heavy atom. The highest BCUT2D eigenvalue weighted by atomic mass is 16.1. The zero-order valence-corrected chi connectivity index (χ0v) is 13.4. The van der Waals surface area contributed by atoms with Gasteiger partial charge in [0.05, 0.1) is 0 Å². The monoisotopic (exact) mass is 286 g/mol. The molecule has 21 heavy (non-hydrogen) atoms. The van der Waals surface area contributed by atoms with Crippen molar-refractivity contribution < 1.29 is 4.79 Å². The number of nitrogens with zero attached hydrogens (tertiary/aromatic N) is 1. The van der Waals surface area contributed by atoms with Gasteiger partial charge in [0.15, 0.2) is 0 Å². The number of benzene rings is 1. The SMILES string of the molecule is CCCN1CCC(c2ccccc2)=C(C(=O)NC(C)C)C1. The molecule has 2 rings (SSSR count). The largest absolute Gasteiger partial charge is 0.350 e. The first-order valence-corrected chi connectivity index (χ1v) is 7.92. The molecule has 0 saturated heterocycles. The molecular weight excluding hydrogens is 260 g/mol. The van der Waals surface area contributed by atoms with Crippen LogP contribution in [0.25, 0.3) is 5.57 Å². The van der Waals surface area contributed by atoms with Crippen molar-refractivity contribution in [2.24, 2.45) is 0 Å². The predicted molar refractivity (Wildman–Crippen MR) is 88.0 cm³/mol. The van der Waals surface area contributed by atoms with Crippen LogP contribution in [-0.4, -0.2) is 36.5 Å².